The Morgan fingerprint density at radius 2 is 2.07 bits per heavy atom. The molecule has 7 nitrogen and oxygen atoms in total. The van der Waals surface area contributed by atoms with Gasteiger partial charge in [0.05, 0.1) is 30.3 Å². The molecule has 0 aliphatic heterocycles. The Bertz CT molecular complexity index is 1200. The number of thiophene rings is 1. The highest BCUT2D eigenvalue weighted by Crippen LogP contribution is 2.12. The van der Waals surface area contributed by atoms with Crippen LogP contribution in [0.3, 0.4) is 0 Å². The predicted octanol–water partition coefficient (Wildman–Crippen LogP) is 2.32. The van der Waals surface area contributed by atoms with E-state index in [9.17, 15) is 14.4 Å². The summed E-state index contributed by atoms with van der Waals surface area (Å²) in [5.74, 6) is 0.311. The minimum absolute atomic E-state index is 0.215. The van der Waals surface area contributed by atoms with E-state index >= 15 is 0 Å². The van der Waals surface area contributed by atoms with Crippen molar-refractivity contribution in [3.8, 4) is 0 Å². The lowest BCUT2D eigenvalue weighted by Crippen LogP contribution is -2.35. The molecular formula is C19H15N3O4S. The van der Waals surface area contributed by atoms with Crippen molar-refractivity contribution >= 4 is 28.1 Å². The molecule has 0 atom stereocenters. The fourth-order valence-electron chi connectivity index (χ4n) is 2.78. The molecule has 0 saturated carbocycles. The zero-order valence-corrected chi connectivity index (χ0v) is 14.9. The van der Waals surface area contributed by atoms with Crippen LogP contribution >= 0.6 is 11.3 Å². The van der Waals surface area contributed by atoms with E-state index in [1.54, 1.807) is 24.3 Å². The van der Waals surface area contributed by atoms with Crippen molar-refractivity contribution in [3.63, 3.8) is 0 Å². The number of fused-ring (bicyclic) bond motifs is 1. The molecule has 0 bridgehead atoms. The fraction of sp³-hybridized carbons (Fsp3) is 0.105. The van der Waals surface area contributed by atoms with Gasteiger partial charge in [0.25, 0.3) is 11.5 Å². The first-order chi connectivity index (χ1) is 13.1. The fourth-order valence-corrected chi connectivity index (χ4v) is 3.47. The van der Waals surface area contributed by atoms with E-state index in [2.05, 4.69) is 10.3 Å². The molecule has 4 aromatic rings. The molecule has 2 N–H and O–H groups in total. The van der Waals surface area contributed by atoms with Crippen molar-refractivity contribution < 1.29 is 9.21 Å². The molecule has 0 spiro atoms. The molecule has 1 aromatic carbocycles. The lowest BCUT2D eigenvalue weighted by Gasteiger charge is -2.07. The quantitative estimate of drug-likeness (QED) is 0.554. The van der Waals surface area contributed by atoms with Gasteiger partial charge in [-0.25, -0.2) is 4.79 Å². The van der Waals surface area contributed by atoms with Crippen LogP contribution in [0.25, 0.3) is 10.9 Å². The number of rotatable bonds is 5. The van der Waals surface area contributed by atoms with Gasteiger partial charge in [0.15, 0.2) is 0 Å². The van der Waals surface area contributed by atoms with Crippen LogP contribution in [0.5, 0.6) is 0 Å². The molecule has 0 aliphatic carbocycles. The minimum atomic E-state index is -0.506. The summed E-state index contributed by atoms with van der Waals surface area (Å²) in [6, 6.07) is 11.9. The van der Waals surface area contributed by atoms with Crippen molar-refractivity contribution in [2.45, 2.75) is 13.1 Å². The molecule has 4 rings (SSSR count). The van der Waals surface area contributed by atoms with Crippen LogP contribution in [0.1, 0.15) is 21.0 Å². The van der Waals surface area contributed by atoms with Crippen LogP contribution in [0, 0.1) is 0 Å². The van der Waals surface area contributed by atoms with E-state index in [1.165, 1.54) is 23.7 Å². The summed E-state index contributed by atoms with van der Waals surface area (Å²) in [5, 5.41) is 4.98. The van der Waals surface area contributed by atoms with Gasteiger partial charge in [-0.05, 0) is 41.8 Å². The second-order valence-electron chi connectivity index (χ2n) is 5.92. The Labute approximate surface area is 156 Å². The lowest BCUT2D eigenvalue weighted by atomic mass is 10.1. The van der Waals surface area contributed by atoms with Gasteiger partial charge in [-0.1, -0.05) is 6.07 Å². The molecule has 3 heterocycles. The van der Waals surface area contributed by atoms with Crippen LogP contribution in [0.15, 0.2) is 68.1 Å². The number of carbonyl (C=O) groups excluding carboxylic acids is 1. The molecule has 0 aliphatic rings. The summed E-state index contributed by atoms with van der Waals surface area (Å²) in [6.45, 7) is 0.468. The molecule has 0 fully saturated rings. The smallest absolute Gasteiger partial charge is 0.329 e. The van der Waals surface area contributed by atoms with Crippen molar-refractivity contribution in [1.82, 2.24) is 14.9 Å². The highest BCUT2D eigenvalue weighted by atomic mass is 32.1. The van der Waals surface area contributed by atoms with Crippen LogP contribution in [-0.4, -0.2) is 15.5 Å². The van der Waals surface area contributed by atoms with Crippen LogP contribution < -0.4 is 16.6 Å². The van der Waals surface area contributed by atoms with Crippen LogP contribution in [0.2, 0.25) is 0 Å². The largest absolute Gasteiger partial charge is 0.467 e. The van der Waals surface area contributed by atoms with Crippen molar-refractivity contribution in [1.29, 1.82) is 0 Å². The molecule has 3 aromatic heterocycles. The Balaban J connectivity index is 1.64. The maximum Gasteiger partial charge on any atom is 0.329 e. The Hall–Kier alpha value is -3.39. The maximum absolute atomic E-state index is 12.7. The van der Waals surface area contributed by atoms with E-state index in [0.29, 0.717) is 22.2 Å². The first-order valence-corrected chi connectivity index (χ1v) is 9.09. The summed E-state index contributed by atoms with van der Waals surface area (Å²) >= 11 is 1.48. The van der Waals surface area contributed by atoms with Crippen LogP contribution in [-0.2, 0) is 13.1 Å². The number of aromatic amines is 1. The SMILES string of the molecule is O=C(NCc1ccco1)c1ccc2c(=O)n(Cc3cccs3)c(=O)[nH]c2c1. The number of furan rings is 1. The van der Waals surface area contributed by atoms with E-state index in [4.69, 9.17) is 4.42 Å². The summed E-state index contributed by atoms with van der Waals surface area (Å²) in [4.78, 5) is 40.9. The number of H-pyrrole nitrogens is 1. The number of nitrogens with zero attached hydrogens (tertiary/aromatic N) is 1. The third-order valence-electron chi connectivity index (χ3n) is 4.14. The normalized spacial score (nSPS) is 11.0. The van der Waals surface area contributed by atoms with Gasteiger partial charge in [0.1, 0.15) is 5.76 Å². The van der Waals surface area contributed by atoms with Crippen molar-refractivity contribution in [3.05, 3.63) is 91.1 Å². The Morgan fingerprint density at radius 3 is 2.81 bits per heavy atom. The zero-order valence-electron chi connectivity index (χ0n) is 14.1. The number of carbonyl (C=O) groups is 1. The average molecular weight is 381 g/mol. The van der Waals surface area contributed by atoms with Gasteiger partial charge in [-0.2, -0.15) is 0 Å². The molecule has 27 heavy (non-hydrogen) atoms. The topological polar surface area (TPSA) is 97.1 Å². The number of nitrogens with one attached hydrogen (secondary N) is 2. The Kier molecular flexibility index (Phi) is 4.47. The maximum atomic E-state index is 12.7. The second kappa shape index (κ2) is 7.08. The first kappa shape index (κ1) is 17.0. The third kappa shape index (κ3) is 3.47. The highest BCUT2D eigenvalue weighted by Gasteiger charge is 2.12. The van der Waals surface area contributed by atoms with E-state index in [0.717, 1.165) is 9.44 Å². The van der Waals surface area contributed by atoms with Crippen molar-refractivity contribution in [2.24, 2.45) is 0 Å². The Morgan fingerprint density at radius 1 is 1.19 bits per heavy atom. The van der Waals surface area contributed by atoms with Crippen molar-refractivity contribution in [2.75, 3.05) is 0 Å². The molecule has 0 radical (unpaired) electrons. The van der Waals surface area contributed by atoms with Gasteiger partial charge in [0, 0.05) is 10.4 Å². The monoisotopic (exact) mass is 381 g/mol. The standard InChI is InChI=1S/C19H15N3O4S/c23-17(20-10-13-3-1-7-26-13)12-5-6-15-16(9-12)21-19(25)22(18(15)24)11-14-4-2-8-27-14/h1-9H,10-11H2,(H,20,23)(H,21,25). The number of hydrogen-bond acceptors (Lipinski definition) is 5. The predicted molar refractivity (Wildman–Crippen MR) is 102 cm³/mol. The molecule has 8 heteroatoms. The number of benzene rings is 1. The average Bonchev–Trinajstić information content (AvgIpc) is 3.36. The summed E-state index contributed by atoms with van der Waals surface area (Å²) in [5.41, 5.74) is -0.211. The lowest BCUT2D eigenvalue weighted by molar-refractivity contribution is 0.0948. The second-order valence-corrected chi connectivity index (χ2v) is 6.96. The van der Waals surface area contributed by atoms with E-state index < -0.39 is 5.69 Å². The number of hydrogen-bond donors (Lipinski definition) is 2. The van der Waals surface area contributed by atoms with E-state index in [1.807, 2.05) is 17.5 Å². The molecule has 0 saturated heterocycles. The zero-order chi connectivity index (χ0) is 18.8. The van der Waals surface area contributed by atoms with Gasteiger partial charge in [-0.3, -0.25) is 14.2 Å². The summed E-state index contributed by atoms with van der Waals surface area (Å²) in [6.07, 6.45) is 1.53. The number of aromatic nitrogens is 2. The molecule has 1 amide bonds. The van der Waals surface area contributed by atoms with Gasteiger partial charge in [-0.15, -0.1) is 11.3 Å². The number of amides is 1. The minimum Gasteiger partial charge on any atom is -0.467 e. The summed E-state index contributed by atoms with van der Waals surface area (Å²) in [7, 11) is 0. The van der Waals surface area contributed by atoms with Gasteiger partial charge < -0.3 is 14.7 Å². The highest BCUT2D eigenvalue weighted by molar-refractivity contribution is 7.09. The van der Waals surface area contributed by atoms with E-state index in [-0.39, 0.29) is 24.6 Å². The molecule has 0 unspecified atom stereocenters. The van der Waals surface area contributed by atoms with Crippen LogP contribution in [0.4, 0.5) is 0 Å². The first-order valence-electron chi connectivity index (χ1n) is 8.21. The molecule has 136 valence electrons. The molecular weight excluding hydrogens is 366 g/mol. The van der Waals surface area contributed by atoms with Gasteiger partial charge >= 0.3 is 5.69 Å². The summed E-state index contributed by atoms with van der Waals surface area (Å²) < 4.78 is 6.33. The van der Waals surface area contributed by atoms with Gasteiger partial charge in [0.2, 0.25) is 0 Å². The third-order valence-corrected chi connectivity index (χ3v) is 5.00.